The molecule has 2 saturated heterocycles. The summed E-state index contributed by atoms with van der Waals surface area (Å²) in [6.45, 7) is 5.30. The molecule has 3 aliphatic rings. The van der Waals surface area contributed by atoms with Crippen molar-refractivity contribution in [2.75, 3.05) is 26.2 Å². The lowest BCUT2D eigenvalue weighted by atomic mass is 9.76. The molecule has 4 unspecified atom stereocenters. The van der Waals surface area contributed by atoms with Crippen molar-refractivity contribution >= 4 is 17.8 Å². The molecule has 0 aromatic heterocycles. The van der Waals surface area contributed by atoms with Gasteiger partial charge in [-0.3, -0.25) is 19.4 Å². The van der Waals surface area contributed by atoms with Crippen LogP contribution in [0.1, 0.15) is 51.0 Å². The number of carbonyl (C=O) groups is 3. The number of urea groups is 1. The maximum atomic E-state index is 13.0. The Morgan fingerprint density at radius 2 is 1.91 bits per heavy atom. The van der Waals surface area contributed by atoms with Crippen molar-refractivity contribution in [1.82, 2.24) is 20.4 Å². The Balaban J connectivity index is 1.25. The van der Waals surface area contributed by atoms with Crippen molar-refractivity contribution in [2.45, 2.75) is 64.0 Å². The van der Waals surface area contributed by atoms with Gasteiger partial charge in [0, 0.05) is 37.6 Å². The second-order valence-electron chi connectivity index (χ2n) is 9.57. The van der Waals surface area contributed by atoms with E-state index in [1.165, 1.54) is 24.2 Å². The number of carbonyl (C=O) groups excluding carboxylic acids is 3. The third kappa shape index (κ3) is 5.31. The van der Waals surface area contributed by atoms with Gasteiger partial charge in [-0.25, -0.2) is 4.79 Å². The van der Waals surface area contributed by atoms with Gasteiger partial charge in [0.1, 0.15) is 0 Å². The monoisotopic (exact) mass is 440 g/mol. The molecule has 4 rings (SSSR count). The van der Waals surface area contributed by atoms with Gasteiger partial charge in [-0.1, -0.05) is 36.8 Å². The van der Waals surface area contributed by atoms with Crippen molar-refractivity contribution in [1.29, 1.82) is 0 Å². The SMILES string of the molecule is CC1CCCCN1CCNC(=O)C1CCC2C(=O)N(CCc3ccccc3)C(=O)NC2C1. The fourth-order valence-corrected chi connectivity index (χ4v) is 5.45. The van der Waals surface area contributed by atoms with Crippen LogP contribution in [0.5, 0.6) is 0 Å². The molecule has 1 saturated carbocycles. The van der Waals surface area contributed by atoms with Crippen molar-refractivity contribution < 1.29 is 14.4 Å². The molecule has 0 radical (unpaired) electrons. The minimum absolute atomic E-state index is 0.0568. The standard InChI is InChI=1S/C25H36N4O3/c1-18-7-5-6-14-28(18)16-13-26-23(30)20-10-11-21-22(17-20)27-25(32)29(24(21)31)15-12-19-8-3-2-4-9-19/h2-4,8-9,18,20-22H,5-7,10-17H2,1H3,(H,26,30)(H,27,32). The summed E-state index contributed by atoms with van der Waals surface area (Å²) >= 11 is 0. The van der Waals surface area contributed by atoms with E-state index in [1.54, 1.807) is 0 Å². The highest BCUT2D eigenvalue weighted by Crippen LogP contribution is 2.33. The van der Waals surface area contributed by atoms with Crippen LogP contribution in [0, 0.1) is 11.8 Å². The molecule has 1 aromatic rings. The van der Waals surface area contributed by atoms with E-state index in [2.05, 4.69) is 22.5 Å². The van der Waals surface area contributed by atoms with E-state index in [9.17, 15) is 14.4 Å². The molecule has 1 aromatic carbocycles. The number of hydrogen-bond acceptors (Lipinski definition) is 4. The summed E-state index contributed by atoms with van der Waals surface area (Å²) in [5, 5.41) is 6.11. The molecule has 7 heteroatoms. The number of piperidine rings is 1. The van der Waals surface area contributed by atoms with Crippen molar-refractivity contribution in [2.24, 2.45) is 11.8 Å². The van der Waals surface area contributed by atoms with E-state index in [0.717, 1.165) is 18.7 Å². The number of amides is 4. The van der Waals surface area contributed by atoms with Crippen LogP contribution in [0.25, 0.3) is 0 Å². The first-order chi connectivity index (χ1) is 15.5. The van der Waals surface area contributed by atoms with Gasteiger partial charge in [0.25, 0.3) is 0 Å². The first kappa shape index (κ1) is 22.8. The van der Waals surface area contributed by atoms with E-state index in [-0.39, 0.29) is 35.7 Å². The molecule has 1 aliphatic carbocycles. The summed E-state index contributed by atoms with van der Waals surface area (Å²) in [4.78, 5) is 42.2. The van der Waals surface area contributed by atoms with E-state index in [1.807, 2.05) is 30.3 Å². The third-order valence-corrected chi connectivity index (χ3v) is 7.46. The van der Waals surface area contributed by atoms with Crippen LogP contribution in [0.2, 0.25) is 0 Å². The molecule has 4 atom stereocenters. The maximum absolute atomic E-state index is 13.0. The van der Waals surface area contributed by atoms with Gasteiger partial charge in [-0.15, -0.1) is 0 Å². The smallest absolute Gasteiger partial charge is 0.324 e. The first-order valence-electron chi connectivity index (χ1n) is 12.2. The molecule has 2 heterocycles. The highest BCUT2D eigenvalue weighted by atomic mass is 16.2. The zero-order chi connectivity index (χ0) is 22.5. The number of benzene rings is 1. The molecule has 174 valence electrons. The summed E-state index contributed by atoms with van der Waals surface area (Å²) in [5.74, 6) is -0.394. The van der Waals surface area contributed by atoms with Gasteiger partial charge in [-0.2, -0.15) is 0 Å². The average Bonchev–Trinajstić information content (AvgIpc) is 2.80. The number of imide groups is 1. The van der Waals surface area contributed by atoms with Crippen LogP contribution in [-0.2, 0) is 16.0 Å². The molecule has 7 nitrogen and oxygen atoms in total. The average molecular weight is 441 g/mol. The molecule has 0 bridgehead atoms. The van der Waals surface area contributed by atoms with Gasteiger partial charge in [0.2, 0.25) is 11.8 Å². The zero-order valence-corrected chi connectivity index (χ0v) is 19.1. The Kier molecular flexibility index (Phi) is 7.45. The van der Waals surface area contributed by atoms with Crippen LogP contribution in [0.4, 0.5) is 4.79 Å². The van der Waals surface area contributed by atoms with Crippen LogP contribution in [0.3, 0.4) is 0 Å². The first-order valence-corrected chi connectivity index (χ1v) is 12.2. The number of fused-ring (bicyclic) bond motifs is 1. The quantitative estimate of drug-likeness (QED) is 0.683. The number of rotatable bonds is 7. The van der Waals surface area contributed by atoms with Crippen LogP contribution < -0.4 is 10.6 Å². The fourth-order valence-electron chi connectivity index (χ4n) is 5.45. The maximum Gasteiger partial charge on any atom is 0.324 e. The molecular weight excluding hydrogens is 404 g/mol. The van der Waals surface area contributed by atoms with Crippen LogP contribution >= 0.6 is 0 Å². The molecule has 2 N–H and O–H groups in total. The zero-order valence-electron chi connectivity index (χ0n) is 19.1. The summed E-state index contributed by atoms with van der Waals surface area (Å²) < 4.78 is 0. The van der Waals surface area contributed by atoms with E-state index < -0.39 is 0 Å². The molecule has 2 aliphatic heterocycles. The van der Waals surface area contributed by atoms with Crippen molar-refractivity contribution in [3.63, 3.8) is 0 Å². The Labute approximate surface area is 190 Å². The number of nitrogens with zero attached hydrogens (tertiary/aromatic N) is 2. The number of hydrogen-bond donors (Lipinski definition) is 2. The second-order valence-corrected chi connectivity index (χ2v) is 9.57. The summed E-state index contributed by atoms with van der Waals surface area (Å²) in [7, 11) is 0. The minimum atomic E-state index is -0.327. The predicted octanol–water partition coefficient (Wildman–Crippen LogP) is 2.56. The van der Waals surface area contributed by atoms with E-state index in [0.29, 0.717) is 44.8 Å². The fraction of sp³-hybridized carbons (Fsp3) is 0.640. The Hall–Kier alpha value is -2.41. The molecule has 32 heavy (non-hydrogen) atoms. The summed E-state index contributed by atoms with van der Waals surface area (Å²) in [6, 6.07) is 9.91. The second kappa shape index (κ2) is 10.5. The van der Waals surface area contributed by atoms with Crippen LogP contribution in [-0.4, -0.2) is 65.9 Å². The van der Waals surface area contributed by atoms with Crippen LogP contribution in [0.15, 0.2) is 30.3 Å². The third-order valence-electron chi connectivity index (χ3n) is 7.46. The largest absolute Gasteiger partial charge is 0.355 e. The lowest BCUT2D eigenvalue weighted by Crippen LogP contribution is -2.62. The van der Waals surface area contributed by atoms with Gasteiger partial charge >= 0.3 is 6.03 Å². The number of likely N-dealkylation sites (tertiary alicyclic amines) is 1. The molecule has 0 spiro atoms. The van der Waals surface area contributed by atoms with Gasteiger partial charge < -0.3 is 10.6 Å². The van der Waals surface area contributed by atoms with Gasteiger partial charge in [0.15, 0.2) is 0 Å². The Bertz CT molecular complexity index is 815. The Morgan fingerprint density at radius 3 is 2.69 bits per heavy atom. The predicted molar refractivity (Wildman–Crippen MR) is 123 cm³/mol. The molecular formula is C25H36N4O3. The Morgan fingerprint density at radius 1 is 1.09 bits per heavy atom. The van der Waals surface area contributed by atoms with E-state index >= 15 is 0 Å². The topological polar surface area (TPSA) is 81.8 Å². The number of nitrogens with one attached hydrogen (secondary N) is 2. The van der Waals surface area contributed by atoms with Crippen molar-refractivity contribution in [3.8, 4) is 0 Å². The minimum Gasteiger partial charge on any atom is -0.355 e. The summed E-state index contributed by atoms with van der Waals surface area (Å²) in [5.41, 5.74) is 1.11. The highest BCUT2D eigenvalue weighted by molar-refractivity contribution is 5.99. The highest BCUT2D eigenvalue weighted by Gasteiger charge is 2.45. The van der Waals surface area contributed by atoms with Gasteiger partial charge in [0.05, 0.1) is 5.92 Å². The van der Waals surface area contributed by atoms with E-state index in [4.69, 9.17) is 0 Å². The normalized spacial score (nSPS) is 28.7. The summed E-state index contributed by atoms with van der Waals surface area (Å²) in [6.07, 6.45) is 6.30. The van der Waals surface area contributed by atoms with Gasteiger partial charge in [-0.05, 0) is 57.6 Å². The molecule has 4 amide bonds. The lowest BCUT2D eigenvalue weighted by Gasteiger charge is -2.42. The molecule has 3 fully saturated rings. The lowest BCUT2D eigenvalue weighted by molar-refractivity contribution is -0.139. The van der Waals surface area contributed by atoms with Crippen molar-refractivity contribution in [3.05, 3.63) is 35.9 Å².